The van der Waals surface area contributed by atoms with Crippen LogP contribution >= 0.6 is 12.2 Å². The van der Waals surface area contributed by atoms with Crippen molar-refractivity contribution in [3.05, 3.63) is 92.5 Å². The number of H-pyrrole nitrogens is 1. The van der Waals surface area contributed by atoms with Crippen LogP contribution in [0.15, 0.2) is 65.8 Å². The van der Waals surface area contributed by atoms with Gasteiger partial charge in [-0.15, -0.1) is 0 Å². The molecule has 1 heterocycles. The highest BCUT2D eigenvalue weighted by atomic mass is 32.1. The average molecular weight is 405 g/mol. The second kappa shape index (κ2) is 7.64. The minimum absolute atomic E-state index is 0.310. The van der Waals surface area contributed by atoms with Gasteiger partial charge in [0, 0.05) is 18.1 Å². The summed E-state index contributed by atoms with van der Waals surface area (Å²) in [7, 11) is 0. The number of hydrogen-bond donors (Lipinski definition) is 2. The molecule has 0 bridgehead atoms. The van der Waals surface area contributed by atoms with Crippen LogP contribution in [-0.2, 0) is 6.42 Å². The SMILES string of the molecule is O=[N+]([O-])c1cc(/C=N\n2c(Cc3cccc4ccccc34)n[nH]c2=S)ccc1O. The van der Waals surface area contributed by atoms with Crippen molar-refractivity contribution in [2.75, 3.05) is 0 Å². The molecule has 3 aromatic carbocycles. The van der Waals surface area contributed by atoms with E-state index in [0.29, 0.717) is 22.6 Å². The van der Waals surface area contributed by atoms with E-state index in [1.807, 2.05) is 36.4 Å². The summed E-state index contributed by atoms with van der Waals surface area (Å²) in [4.78, 5) is 10.3. The number of nitrogens with one attached hydrogen (secondary N) is 1. The second-order valence-corrected chi connectivity index (χ2v) is 6.71. The number of phenolic OH excluding ortho intramolecular Hbond substituents is 1. The van der Waals surface area contributed by atoms with Gasteiger partial charge in [0.05, 0.1) is 11.1 Å². The van der Waals surface area contributed by atoms with E-state index >= 15 is 0 Å². The quantitative estimate of drug-likeness (QED) is 0.224. The monoisotopic (exact) mass is 405 g/mol. The van der Waals surface area contributed by atoms with E-state index in [4.69, 9.17) is 12.2 Å². The van der Waals surface area contributed by atoms with Gasteiger partial charge in [-0.1, -0.05) is 42.5 Å². The number of nitro benzene ring substituents is 1. The Morgan fingerprint density at radius 2 is 2.00 bits per heavy atom. The van der Waals surface area contributed by atoms with Crippen LogP contribution in [0.3, 0.4) is 0 Å². The smallest absolute Gasteiger partial charge is 0.311 e. The maximum atomic E-state index is 11.0. The molecule has 0 fully saturated rings. The molecular formula is C20H15N5O3S. The fourth-order valence-electron chi connectivity index (χ4n) is 3.07. The normalized spacial score (nSPS) is 11.3. The number of aromatic hydroxyl groups is 1. The zero-order valence-electron chi connectivity index (χ0n) is 15.0. The van der Waals surface area contributed by atoms with Crippen molar-refractivity contribution in [1.29, 1.82) is 0 Å². The van der Waals surface area contributed by atoms with Crippen molar-refractivity contribution < 1.29 is 10.0 Å². The molecule has 0 saturated heterocycles. The number of phenols is 1. The van der Waals surface area contributed by atoms with Crippen molar-refractivity contribution in [3.63, 3.8) is 0 Å². The van der Waals surface area contributed by atoms with Crippen molar-refractivity contribution in [2.45, 2.75) is 6.42 Å². The third-order valence-electron chi connectivity index (χ3n) is 4.46. The van der Waals surface area contributed by atoms with Crippen molar-refractivity contribution in [3.8, 4) is 5.75 Å². The highest BCUT2D eigenvalue weighted by molar-refractivity contribution is 7.71. The number of hydrogen-bond acceptors (Lipinski definition) is 6. The standard InChI is InChI=1S/C20H15N5O3S/c26-18-9-8-13(10-17(18)25(27)28)12-21-24-19(22-23-20(24)29)11-15-6-3-5-14-4-1-2-7-16(14)15/h1-10,12,26H,11H2,(H,23,29)/b21-12-. The van der Waals surface area contributed by atoms with Gasteiger partial charge in [0.2, 0.25) is 4.77 Å². The van der Waals surface area contributed by atoms with E-state index in [9.17, 15) is 15.2 Å². The lowest BCUT2D eigenvalue weighted by Crippen LogP contribution is -2.01. The molecule has 4 rings (SSSR count). The summed E-state index contributed by atoms with van der Waals surface area (Å²) in [5.41, 5.74) is 1.14. The predicted molar refractivity (Wildman–Crippen MR) is 112 cm³/mol. The summed E-state index contributed by atoms with van der Waals surface area (Å²) in [6.07, 6.45) is 1.94. The minimum Gasteiger partial charge on any atom is -0.502 e. The maximum absolute atomic E-state index is 11.0. The molecule has 9 heteroatoms. The van der Waals surface area contributed by atoms with Crippen LogP contribution in [0.25, 0.3) is 10.8 Å². The largest absolute Gasteiger partial charge is 0.502 e. The van der Waals surface area contributed by atoms with E-state index in [1.54, 1.807) is 0 Å². The summed E-state index contributed by atoms with van der Waals surface area (Å²) in [5, 5.41) is 34.2. The molecule has 144 valence electrons. The molecule has 0 spiro atoms. The molecule has 0 aliphatic heterocycles. The average Bonchev–Trinajstić information content (AvgIpc) is 3.07. The number of aromatic amines is 1. The maximum Gasteiger partial charge on any atom is 0.311 e. The summed E-state index contributed by atoms with van der Waals surface area (Å²) in [6.45, 7) is 0. The Labute approximate surface area is 169 Å². The first-order valence-corrected chi connectivity index (χ1v) is 9.08. The topological polar surface area (TPSA) is 109 Å². The highest BCUT2D eigenvalue weighted by Crippen LogP contribution is 2.25. The van der Waals surface area contributed by atoms with Crippen LogP contribution in [0.5, 0.6) is 5.75 Å². The van der Waals surface area contributed by atoms with E-state index in [0.717, 1.165) is 16.3 Å². The molecule has 29 heavy (non-hydrogen) atoms. The molecule has 0 amide bonds. The Morgan fingerprint density at radius 1 is 1.21 bits per heavy atom. The van der Waals surface area contributed by atoms with Crippen LogP contribution in [0.1, 0.15) is 17.0 Å². The summed E-state index contributed by atoms with van der Waals surface area (Å²) in [6, 6.07) is 18.2. The molecule has 0 radical (unpaired) electrons. The lowest BCUT2D eigenvalue weighted by Gasteiger charge is -2.06. The van der Waals surface area contributed by atoms with E-state index in [-0.39, 0.29) is 5.69 Å². The zero-order valence-corrected chi connectivity index (χ0v) is 15.8. The van der Waals surface area contributed by atoms with Gasteiger partial charge in [0.25, 0.3) is 0 Å². The Morgan fingerprint density at radius 3 is 2.83 bits per heavy atom. The molecule has 0 atom stereocenters. The van der Waals surface area contributed by atoms with Crippen LogP contribution in [0, 0.1) is 14.9 Å². The third-order valence-corrected chi connectivity index (χ3v) is 4.73. The Kier molecular flexibility index (Phi) is 4.88. The van der Waals surface area contributed by atoms with Gasteiger partial charge in [-0.2, -0.15) is 14.9 Å². The fourth-order valence-corrected chi connectivity index (χ4v) is 3.26. The van der Waals surface area contributed by atoms with E-state index < -0.39 is 10.7 Å². The number of aromatic nitrogens is 3. The number of nitro groups is 1. The molecule has 2 N–H and O–H groups in total. The first kappa shape index (κ1) is 18.5. The highest BCUT2D eigenvalue weighted by Gasteiger charge is 2.13. The van der Waals surface area contributed by atoms with Gasteiger partial charge < -0.3 is 5.11 Å². The van der Waals surface area contributed by atoms with Crippen molar-refractivity contribution >= 4 is 34.9 Å². The molecule has 8 nitrogen and oxygen atoms in total. The Balaban J connectivity index is 1.68. The number of fused-ring (bicyclic) bond motifs is 1. The first-order valence-electron chi connectivity index (χ1n) is 8.67. The second-order valence-electron chi connectivity index (χ2n) is 6.32. The molecule has 4 aromatic rings. The third kappa shape index (κ3) is 3.76. The van der Waals surface area contributed by atoms with Crippen LogP contribution in [0.2, 0.25) is 0 Å². The molecule has 0 saturated carbocycles. The van der Waals surface area contributed by atoms with Crippen LogP contribution in [-0.4, -0.2) is 31.1 Å². The number of nitrogens with zero attached hydrogens (tertiary/aromatic N) is 4. The summed E-state index contributed by atoms with van der Waals surface area (Å²) >= 11 is 5.27. The molecular weight excluding hydrogens is 390 g/mol. The molecule has 1 aromatic heterocycles. The summed E-state index contributed by atoms with van der Waals surface area (Å²) in [5.74, 6) is 0.208. The zero-order chi connectivity index (χ0) is 20.4. The first-order chi connectivity index (χ1) is 14.0. The van der Waals surface area contributed by atoms with Crippen LogP contribution in [0.4, 0.5) is 5.69 Å². The Hall–Kier alpha value is -3.85. The van der Waals surface area contributed by atoms with Gasteiger partial charge in [0.15, 0.2) is 11.6 Å². The van der Waals surface area contributed by atoms with Gasteiger partial charge in [0.1, 0.15) is 0 Å². The summed E-state index contributed by atoms with van der Waals surface area (Å²) < 4.78 is 1.79. The lowest BCUT2D eigenvalue weighted by atomic mass is 10.0. The van der Waals surface area contributed by atoms with Gasteiger partial charge in [-0.05, 0) is 40.7 Å². The van der Waals surface area contributed by atoms with Gasteiger partial charge in [-0.3, -0.25) is 15.2 Å². The van der Waals surface area contributed by atoms with Gasteiger partial charge >= 0.3 is 5.69 Å². The minimum atomic E-state index is -0.651. The van der Waals surface area contributed by atoms with Crippen molar-refractivity contribution in [1.82, 2.24) is 14.9 Å². The van der Waals surface area contributed by atoms with E-state index in [1.165, 1.54) is 29.1 Å². The molecule has 0 aliphatic carbocycles. The molecule has 0 aliphatic rings. The number of rotatable bonds is 5. The fraction of sp³-hybridized carbons (Fsp3) is 0.0500. The van der Waals surface area contributed by atoms with Crippen LogP contribution < -0.4 is 0 Å². The lowest BCUT2D eigenvalue weighted by molar-refractivity contribution is -0.385. The van der Waals surface area contributed by atoms with E-state index in [2.05, 4.69) is 21.4 Å². The van der Waals surface area contributed by atoms with Gasteiger partial charge in [-0.25, -0.2) is 0 Å². The Bertz CT molecular complexity index is 1300. The number of benzene rings is 3. The van der Waals surface area contributed by atoms with Crippen molar-refractivity contribution in [2.24, 2.45) is 5.10 Å². The molecule has 0 unspecified atom stereocenters. The predicted octanol–water partition coefficient (Wildman–Crippen LogP) is 4.18.